The molecule has 0 spiro atoms. The van der Waals surface area contributed by atoms with Crippen molar-refractivity contribution < 1.29 is 4.79 Å². The van der Waals surface area contributed by atoms with E-state index in [1.165, 1.54) is 0 Å². The molecule has 2 aliphatic rings. The number of hydrogen-bond acceptors (Lipinski definition) is 4. The van der Waals surface area contributed by atoms with Crippen LogP contribution in [0.2, 0.25) is 0 Å². The van der Waals surface area contributed by atoms with Crippen LogP contribution < -0.4 is 10.9 Å². The van der Waals surface area contributed by atoms with Crippen LogP contribution in [-0.4, -0.2) is 18.0 Å². The highest BCUT2D eigenvalue weighted by Gasteiger charge is 2.24. The number of carbonyl (C=O) groups is 1. The highest BCUT2D eigenvalue weighted by molar-refractivity contribution is 6.11. The first-order valence-electron chi connectivity index (χ1n) is 3.57. The van der Waals surface area contributed by atoms with Crippen LogP contribution in [-0.2, 0) is 4.79 Å². The Balaban J connectivity index is 2.41. The molecule has 0 aromatic rings. The second kappa shape index (κ2) is 2.17. The lowest BCUT2D eigenvalue weighted by Gasteiger charge is -2.07. The molecule has 0 saturated carbocycles. The molecule has 0 aliphatic carbocycles. The van der Waals surface area contributed by atoms with Gasteiger partial charge in [0, 0.05) is 18.7 Å². The summed E-state index contributed by atoms with van der Waals surface area (Å²) >= 11 is 0. The Kier molecular flexibility index (Phi) is 1.29. The van der Waals surface area contributed by atoms with Crippen LogP contribution in [0.4, 0.5) is 0 Å². The first-order chi connectivity index (χ1) is 5.27. The Labute approximate surface area is 64.4 Å². The summed E-state index contributed by atoms with van der Waals surface area (Å²) in [4.78, 5) is 15.5. The molecule has 4 nitrogen and oxygen atoms in total. The molecule has 0 fully saturated rings. The standard InChI is InChI=1S/C7H9N3O/c1-4-2-6(11)5-3-8-10-7(5)9-4/h8,10H,2-3H2,1H3. The molecule has 0 radical (unpaired) electrons. The monoisotopic (exact) mass is 151 g/mol. The molecule has 2 rings (SSSR count). The maximum atomic E-state index is 11.3. The SMILES string of the molecule is CC1=NC2=C(CNN2)C(=O)C1. The van der Waals surface area contributed by atoms with Gasteiger partial charge in [-0.3, -0.25) is 4.79 Å². The van der Waals surface area contributed by atoms with Gasteiger partial charge < -0.3 is 5.43 Å². The van der Waals surface area contributed by atoms with Crippen molar-refractivity contribution in [1.29, 1.82) is 0 Å². The smallest absolute Gasteiger partial charge is 0.169 e. The molecule has 2 aliphatic heterocycles. The zero-order valence-electron chi connectivity index (χ0n) is 6.27. The normalized spacial score (nSPS) is 23.0. The molecule has 0 bridgehead atoms. The van der Waals surface area contributed by atoms with Crippen LogP contribution >= 0.6 is 0 Å². The predicted octanol–water partition coefficient (Wildman–Crippen LogP) is -0.261. The van der Waals surface area contributed by atoms with Crippen molar-refractivity contribution in [2.45, 2.75) is 13.3 Å². The number of nitrogens with zero attached hydrogens (tertiary/aromatic N) is 1. The third kappa shape index (κ3) is 0.952. The quantitative estimate of drug-likeness (QED) is 0.501. The van der Waals surface area contributed by atoms with Gasteiger partial charge >= 0.3 is 0 Å². The number of ketones is 1. The van der Waals surface area contributed by atoms with Gasteiger partial charge in [-0.05, 0) is 6.92 Å². The fourth-order valence-electron chi connectivity index (χ4n) is 1.27. The molecule has 58 valence electrons. The molecule has 2 heterocycles. The van der Waals surface area contributed by atoms with Gasteiger partial charge in [-0.25, -0.2) is 10.4 Å². The Bertz CT molecular complexity index is 277. The summed E-state index contributed by atoms with van der Waals surface area (Å²) in [7, 11) is 0. The Morgan fingerprint density at radius 2 is 2.36 bits per heavy atom. The van der Waals surface area contributed by atoms with Gasteiger partial charge in [0.05, 0.1) is 5.57 Å². The lowest BCUT2D eigenvalue weighted by molar-refractivity contribution is -0.114. The van der Waals surface area contributed by atoms with E-state index < -0.39 is 0 Å². The van der Waals surface area contributed by atoms with Crippen molar-refractivity contribution in [2.75, 3.05) is 6.54 Å². The average molecular weight is 151 g/mol. The van der Waals surface area contributed by atoms with Gasteiger partial charge in [0.1, 0.15) is 5.82 Å². The maximum absolute atomic E-state index is 11.3. The van der Waals surface area contributed by atoms with Crippen LogP contribution in [0.3, 0.4) is 0 Å². The van der Waals surface area contributed by atoms with Gasteiger partial charge in [-0.15, -0.1) is 0 Å². The minimum Gasteiger partial charge on any atom is -0.305 e. The van der Waals surface area contributed by atoms with Crippen molar-refractivity contribution in [3.05, 3.63) is 11.4 Å². The Hall–Kier alpha value is -1.16. The largest absolute Gasteiger partial charge is 0.305 e. The number of hydrogen-bond donors (Lipinski definition) is 2. The van der Waals surface area contributed by atoms with Gasteiger partial charge in [-0.1, -0.05) is 0 Å². The summed E-state index contributed by atoms with van der Waals surface area (Å²) < 4.78 is 0. The molecule has 0 aromatic carbocycles. The van der Waals surface area contributed by atoms with Crippen LogP contribution in [0.1, 0.15) is 13.3 Å². The van der Waals surface area contributed by atoms with E-state index in [0.29, 0.717) is 18.8 Å². The summed E-state index contributed by atoms with van der Waals surface area (Å²) in [6.07, 6.45) is 0.474. The lowest BCUT2D eigenvalue weighted by atomic mass is 10.0. The van der Waals surface area contributed by atoms with Gasteiger partial charge in [0.15, 0.2) is 5.78 Å². The second-order valence-corrected chi connectivity index (χ2v) is 2.75. The Morgan fingerprint density at radius 3 is 3.18 bits per heavy atom. The number of Topliss-reactive ketones (excluding diaryl/α,β-unsaturated/α-hetero) is 1. The number of hydrazine groups is 1. The highest BCUT2D eigenvalue weighted by atomic mass is 16.1. The zero-order chi connectivity index (χ0) is 7.84. The Morgan fingerprint density at radius 1 is 1.55 bits per heavy atom. The lowest BCUT2D eigenvalue weighted by Crippen LogP contribution is -2.23. The van der Waals surface area contributed by atoms with Crippen LogP contribution in [0.25, 0.3) is 0 Å². The molecule has 0 aromatic heterocycles. The summed E-state index contributed by atoms with van der Waals surface area (Å²) in [6, 6.07) is 0. The van der Waals surface area contributed by atoms with Crippen molar-refractivity contribution in [3.8, 4) is 0 Å². The first kappa shape index (κ1) is 6.54. The molecule has 0 atom stereocenters. The molecule has 2 N–H and O–H groups in total. The van der Waals surface area contributed by atoms with Gasteiger partial charge in [0.2, 0.25) is 0 Å². The van der Waals surface area contributed by atoms with E-state index in [4.69, 9.17) is 0 Å². The molecular formula is C7H9N3O. The van der Waals surface area contributed by atoms with E-state index >= 15 is 0 Å². The molecule has 0 unspecified atom stereocenters. The third-order valence-corrected chi connectivity index (χ3v) is 1.81. The fraction of sp³-hybridized carbons (Fsp3) is 0.429. The number of carbonyl (C=O) groups excluding carboxylic acids is 1. The molecular weight excluding hydrogens is 142 g/mol. The number of rotatable bonds is 0. The topological polar surface area (TPSA) is 53.5 Å². The molecule has 11 heavy (non-hydrogen) atoms. The maximum Gasteiger partial charge on any atom is 0.169 e. The van der Waals surface area contributed by atoms with Crippen LogP contribution in [0.15, 0.2) is 16.4 Å². The van der Waals surface area contributed by atoms with Crippen molar-refractivity contribution >= 4 is 11.5 Å². The average Bonchev–Trinajstić information content (AvgIpc) is 2.34. The van der Waals surface area contributed by atoms with Crippen molar-refractivity contribution in [2.24, 2.45) is 4.99 Å². The highest BCUT2D eigenvalue weighted by Crippen LogP contribution is 2.16. The molecule has 4 heteroatoms. The summed E-state index contributed by atoms with van der Waals surface area (Å²) in [5, 5.41) is 0. The minimum absolute atomic E-state index is 0.185. The fourth-order valence-corrected chi connectivity index (χ4v) is 1.27. The number of nitrogens with one attached hydrogen (secondary N) is 2. The molecule has 0 saturated heterocycles. The van der Waals surface area contributed by atoms with Crippen LogP contribution in [0, 0.1) is 0 Å². The zero-order valence-corrected chi connectivity index (χ0v) is 6.27. The van der Waals surface area contributed by atoms with E-state index in [0.717, 1.165) is 11.3 Å². The first-order valence-corrected chi connectivity index (χ1v) is 3.57. The van der Waals surface area contributed by atoms with E-state index in [-0.39, 0.29) is 5.78 Å². The van der Waals surface area contributed by atoms with E-state index in [1.807, 2.05) is 6.92 Å². The summed E-state index contributed by atoms with van der Waals surface area (Å²) in [5.74, 6) is 0.892. The van der Waals surface area contributed by atoms with E-state index in [1.54, 1.807) is 0 Å². The minimum atomic E-state index is 0.185. The second-order valence-electron chi connectivity index (χ2n) is 2.75. The van der Waals surface area contributed by atoms with E-state index in [9.17, 15) is 4.79 Å². The van der Waals surface area contributed by atoms with Crippen LogP contribution in [0.5, 0.6) is 0 Å². The third-order valence-electron chi connectivity index (χ3n) is 1.81. The van der Waals surface area contributed by atoms with Crippen molar-refractivity contribution in [3.63, 3.8) is 0 Å². The summed E-state index contributed by atoms with van der Waals surface area (Å²) in [5.41, 5.74) is 7.37. The van der Waals surface area contributed by atoms with Gasteiger partial charge in [0.25, 0.3) is 0 Å². The summed E-state index contributed by atoms with van der Waals surface area (Å²) in [6.45, 7) is 2.46. The molecule has 0 amide bonds. The van der Waals surface area contributed by atoms with Crippen molar-refractivity contribution in [1.82, 2.24) is 10.9 Å². The van der Waals surface area contributed by atoms with Gasteiger partial charge in [-0.2, -0.15) is 0 Å². The van der Waals surface area contributed by atoms with E-state index in [2.05, 4.69) is 15.8 Å². The predicted molar refractivity (Wildman–Crippen MR) is 40.9 cm³/mol. The number of aliphatic imine (C=N–C) groups is 1.